The summed E-state index contributed by atoms with van der Waals surface area (Å²) in [6.07, 6.45) is 3.78. The van der Waals surface area contributed by atoms with E-state index in [-0.39, 0.29) is 5.41 Å². The number of halogens is 2. The number of nitrogens with zero attached hydrogens (tertiary/aromatic N) is 3. The Balaban J connectivity index is 1.81. The van der Waals surface area contributed by atoms with E-state index in [1.165, 1.54) is 5.56 Å². The zero-order chi connectivity index (χ0) is 16.4. The van der Waals surface area contributed by atoms with Gasteiger partial charge in [0.25, 0.3) is 0 Å². The number of benzene rings is 1. The first-order valence-corrected chi connectivity index (χ1v) is 8.41. The molecule has 0 aliphatic heterocycles. The van der Waals surface area contributed by atoms with E-state index < -0.39 is 0 Å². The fraction of sp³-hybridized carbons (Fsp3) is 0.333. The van der Waals surface area contributed by atoms with Gasteiger partial charge in [0.1, 0.15) is 0 Å². The lowest BCUT2D eigenvalue weighted by atomic mass is 10.0. The van der Waals surface area contributed by atoms with Gasteiger partial charge in [0.05, 0.1) is 5.69 Å². The Morgan fingerprint density at radius 1 is 1.09 bits per heavy atom. The van der Waals surface area contributed by atoms with Crippen molar-refractivity contribution >= 4 is 29.0 Å². The molecule has 0 spiro atoms. The number of hydrogen-bond acceptors (Lipinski definition) is 2. The number of aromatic nitrogens is 3. The molecule has 0 saturated heterocycles. The van der Waals surface area contributed by atoms with Crippen LogP contribution >= 0.6 is 23.2 Å². The van der Waals surface area contributed by atoms with Gasteiger partial charge in [-0.05, 0) is 48.1 Å². The molecular weight excluding hydrogens is 329 g/mol. The van der Waals surface area contributed by atoms with Crippen molar-refractivity contribution in [2.75, 3.05) is 0 Å². The van der Waals surface area contributed by atoms with E-state index in [1.807, 2.05) is 28.8 Å². The average Bonchev–Trinajstić information content (AvgIpc) is 2.89. The van der Waals surface area contributed by atoms with Crippen LogP contribution in [0.25, 0.3) is 5.78 Å². The fourth-order valence-electron chi connectivity index (χ4n) is 3.84. The second kappa shape index (κ2) is 4.96. The molecule has 1 aromatic carbocycles. The summed E-state index contributed by atoms with van der Waals surface area (Å²) in [7, 11) is 0. The molecule has 1 saturated carbocycles. The van der Waals surface area contributed by atoms with Gasteiger partial charge in [0, 0.05) is 34.1 Å². The van der Waals surface area contributed by atoms with Gasteiger partial charge in [-0.1, -0.05) is 37.0 Å². The van der Waals surface area contributed by atoms with E-state index in [9.17, 15) is 0 Å². The van der Waals surface area contributed by atoms with Crippen LogP contribution in [0, 0.1) is 12.3 Å². The molecule has 4 rings (SSSR count). The lowest BCUT2D eigenvalue weighted by molar-refractivity contribution is 0.597. The fourth-order valence-corrected chi connectivity index (χ4v) is 4.38. The van der Waals surface area contributed by atoms with E-state index in [0.717, 1.165) is 17.2 Å². The highest BCUT2D eigenvalue weighted by atomic mass is 35.5. The predicted molar refractivity (Wildman–Crippen MR) is 93.4 cm³/mol. The van der Waals surface area contributed by atoms with Gasteiger partial charge in [0.15, 0.2) is 0 Å². The Morgan fingerprint density at radius 3 is 2.43 bits per heavy atom. The molecular formula is C18H17Cl2N3. The molecule has 5 heteroatoms. The van der Waals surface area contributed by atoms with Crippen molar-refractivity contribution in [1.82, 2.24) is 14.4 Å². The van der Waals surface area contributed by atoms with Crippen molar-refractivity contribution < 1.29 is 0 Å². The maximum Gasteiger partial charge on any atom is 0.234 e. The molecule has 2 heterocycles. The largest absolute Gasteiger partial charge is 0.288 e. The van der Waals surface area contributed by atoms with E-state index in [2.05, 4.69) is 25.8 Å². The van der Waals surface area contributed by atoms with Crippen LogP contribution in [0.3, 0.4) is 0 Å². The second-order valence-corrected chi connectivity index (χ2v) is 7.72. The Labute approximate surface area is 145 Å². The topological polar surface area (TPSA) is 30.2 Å². The van der Waals surface area contributed by atoms with Crippen LogP contribution in [0.15, 0.2) is 36.7 Å². The van der Waals surface area contributed by atoms with Gasteiger partial charge in [-0.3, -0.25) is 4.40 Å². The van der Waals surface area contributed by atoms with E-state index in [4.69, 9.17) is 28.2 Å². The third kappa shape index (κ3) is 2.26. The first kappa shape index (κ1) is 15.0. The number of aryl methyl sites for hydroxylation is 1. The SMILES string of the molecule is Cc1c([C@@H]2[C@@H](c3cc(Cl)cc(Cl)c3)C2(C)C)nc2ncccn12. The van der Waals surface area contributed by atoms with Gasteiger partial charge < -0.3 is 0 Å². The first-order valence-electron chi connectivity index (χ1n) is 7.65. The molecule has 0 bridgehead atoms. The molecule has 1 aliphatic carbocycles. The maximum absolute atomic E-state index is 6.19. The second-order valence-electron chi connectivity index (χ2n) is 6.85. The molecule has 3 nitrogen and oxygen atoms in total. The summed E-state index contributed by atoms with van der Waals surface area (Å²) in [5, 5.41) is 1.37. The Hall–Kier alpha value is -1.58. The number of fused-ring (bicyclic) bond motifs is 1. The van der Waals surface area contributed by atoms with Crippen LogP contribution in [0.2, 0.25) is 10.0 Å². The van der Waals surface area contributed by atoms with Crippen molar-refractivity contribution in [3.63, 3.8) is 0 Å². The van der Waals surface area contributed by atoms with Crippen molar-refractivity contribution in [2.45, 2.75) is 32.6 Å². The van der Waals surface area contributed by atoms with E-state index >= 15 is 0 Å². The Kier molecular flexibility index (Phi) is 3.23. The summed E-state index contributed by atoms with van der Waals surface area (Å²) in [6.45, 7) is 6.65. The van der Waals surface area contributed by atoms with Gasteiger partial charge in [-0.2, -0.15) is 0 Å². The van der Waals surface area contributed by atoms with Gasteiger partial charge in [0.2, 0.25) is 5.78 Å². The third-order valence-electron chi connectivity index (χ3n) is 5.05. The summed E-state index contributed by atoms with van der Waals surface area (Å²) >= 11 is 12.4. The molecule has 1 aliphatic rings. The normalized spacial score (nSPS) is 22.5. The average molecular weight is 346 g/mol. The Morgan fingerprint density at radius 2 is 1.78 bits per heavy atom. The highest BCUT2D eigenvalue weighted by molar-refractivity contribution is 6.34. The van der Waals surface area contributed by atoms with Gasteiger partial charge in [-0.25, -0.2) is 9.97 Å². The highest BCUT2D eigenvalue weighted by Crippen LogP contribution is 2.70. The van der Waals surface area contributed by atoms with Crippen LogP contribution < -0.4 is 0 Å². The van der Waals surface area contributed by atoms with Crippen LogP contribution in [-0.4, -0.2) is 14.4 Å². The first-order chi connectivity index (χ1) is 10.9. The van der Waals surface area contributed by atoms with Crippen LogP contribution in [-0.2, 0) is 0 Å². The molecule has 2 atom stereocenters. The summed E-state index contributed by atoms with van der Waals surface area (Å²) < 4.78 is 2.05. The maximum atomic E-state index is 6.19. The summed E-state index contributed by atoms with van der Waals surface area (Å²) in [4.78, 5) is 9.13. The van der Waals surface area contributed by atoms with Gasteiger partial charge in [-0.15, -0.1) is 0 Å². The summed E-state index contributed by atoms with van der Waals surface area (Å²) in [5.74, 6) is 1.46. The number of imidazole rings is 1. The molecule has 118 valence electrons. The summed E-state index contributed by atoms with van der Waals surface area (Å²) in [6, 6.07) is 7.74. The van der Waals surface area contributed by atoms with Crippen molar-refractivity contribution in [3.05, 3.63) is 63.7 Å². The molecule has 0 unspecified atom stereocenters. The molecule has 1 fully saturated rings. The minimum atomic E-state index is 0.122. The lowest BCUT2D eigenvalue weighted by Gasteiger charge is -2.04. The minimum Gasteiger partial charge on any atom is -0.288 e. The zero-order valence-electron chi connectivity index (χ0n) is 13.2. The molecule has 0 N–H and O–H groups in total. The van der Waals surface area contributed by atoms with E-state index in [0.29, 0.717) is 21.9 Å². The minimum absolute atomic E-state index is 0.122. The molecule has 0 radical (unpaired) electrons. The quantitative estimate of drug-likeness (QED) is 0.634. The number of hydrogen-bond donors (Lipinski definition) is 0. The molecule has 2 aromatic heterocycles. The van der Waals surface area contributed by atoms with Gasteiger partial charge >= 0.3 is 0 Å². The Bertz CT molecular complexity index is 894. The third-order valence-corrected chi connectivity index (χ3v) is 5.48. The molecule has 3 aromatic rings. The molecule has 0 amide bonds. The number of rotatable bonds is 2. The van der Waals surface area contributed by atoms with Crippen LogP contribution in [0.1, 0.15) is 42.6 Å². The highest BCUT2D eigenvalue weighted by Gasteiger charge is 2.60. The molecule has 23 heavy (non-hydrogen) atoms. The van der Waals surface area contributed by atoms with Crippen LogP contribution in [0.4, 0.5) is 0 Å². The van der Waals surface area contributed by atoms with Crippen molar-refractivity contribution in [1.29, 1.82) is 0 Å². The smallest absolute Gasteiger partial charge is 0.234 e. The predicted octanol–water partition coefficient (Wildman–Crippen LogP) is 5.25. The van der Waals surface area contributed by atoms with E-state index in [1.54, 1.807) is 12.3 Å². The lowest BCUT2D eigenvalue weighted by Crippen LogP contribution is -1.93. The van der Waals surface area contributed by atoms with Crippen molar-refractivity contribution in [2.24, 2.45) is 5.41 Å². The monoisotopic (exact) mass is 345 g/mol. The summed E-state index contributed by atoms with van der Waals surface area (Å²) in [5.41, 5.74) is 3.58. The standard InChI is InChI=1S/C18H17Cl2N3/c1-10-16(22-17-21-5-4-6-23(10)17)15-14(18(15,2)3)11-7-12(19)9-13(20)8-11/h4-9,14-15H,1-3H3/t14-,15+/m1/s1. The van der Waals surface area contributed by atoms with Crippen LogP contribution in [0.5, 0.6) is 0 Å². The zero-order valence-corrected chi connectivity index (χ0v) is 14.7. The van der Waals surface area contributed by atoms with Crippen molar-refractivity contribution in [3.8, 4) is 0 Å².